The highest BCUT2D eigenvalue weighted by Crippen LogP contribution is 2.16. The Morgan fingerprint density at radius 2 is 1.91 bits per heavy atom. The molecule has 0 aliphatic heterocycles. The fourth-order valence-electron chi connectivity index (χ4n) is 1.79. The van der Waals surface area contributed by atoms with Crippen molar-refractivity contribution in [3.05, 3.63) is 35.4 Å². The predicted molar refractivity (Wildman–Crippen MR) is 73.1 cm³/mol. The molecular weight excluding hydrogens is 301 g/mol. The van der Waals surface area contributed by atoms with Gasteiger partial charge in [0.2, 0.25) is 5.91 Å². The number of carbonyl (C=O) groups is 2. The van der Waals surface area contributed by atoms with Crippen molar-refractivity contribution in [2.24, 2.45) is 0 Å². The Labute approximate surface area is 125 Å². The Hall–Kier alpha value is -2.25. The average molecular weight is 318 g/mol. The van der Waals surface area contributed by atoms with Crippen LogP contribution >= 0.6 is 0 Å². The minimum atomic E-state index is -4.60. The maximum Gasteiger partial charge on any atom is 0.422 e. The van der Waals surface area contributed by atoms with E-state index in [0.717, 1.165) is 11.1 Å². The molecule has 0 aliphatic carbocycles. The quantitative estimate of drug-likeness (QED) is 0.876. The first-order valence-corrected chi connectivity index (χ1v) is 6.51. The molecule has 0 fully saturated rings. The first-order chi connectivity index (χ1) is 10.2. The maximum absolute atomic E-state index is 11.8. The topological polar surface area (TPSA) is 67.4 Å². The summed E-state index contributed by atoms with van der Waals surface area (Å²) in [5, 5.41) is 4.59. The van der Waals surface area contributed by atoms with Crippen LogP contribution in [0.5, 0.6) is 0 Å². The van der Waals surface area contributed by atoms with Crippen molar-refractivity contribution >= 4 is 12.0 Å². The van der Waals surface area contributed by atoms with Crippen LogP contribution in [-0.2, 0) is 9.53 Å². The highest BCUT2D eigenvalue weighted by atomic mass is 19.4. The van der Waals surface area contributed by atoms with Crippen LogP contribution in [0, 0.1) is 6.92 Å². The number of amides is 2. The molecule has 8 heteroatoms. The van der Waals surface area contributed by atoms with Gasteiger partial charge in [0.05, 0.1) is 6.04 Å². The molecule has 5 nitrogen and oxygen atoms in total. The molecule has 1 aromatic carbocycles. The number of hydrogen-bond donors (Lipinski definition) is 2. The summed E-state index contributed by atoms with van der Waals surface area (Å²) in [5.41, 5.74) is 1.91. The molecule has 0 saturated heterocycles. The van der Waals surface area contributed by atoms with Gasteiger partial charge in [-0.2, -0.15) is 13.2 Å². The van der Waals surface area contributed by atoms with E-state index in [1.807, 2.05) is 36.5 Å². The molecule has 1 aromatic rings. The number of alkyl halides is 3. The first kappa shape index (κ1) is 17.8. The molecular formula is C14H17F3N2O3. The number of aryl methyl sites for hydroxylation is 1. The number of benzene rings is 1. The van der Waals surface area contributed by atoms with E-state index in [4.69, 9.17) is 0 Å². The van der Waals surface area contributed by atoms with Gasteiger partial charge in [-0.1, -0.05) is 24.3 Å². The fourth-order valence-corrected chi connectivity index (χ4v) is 1.79. The molecule has 22 heavy (non-hydrogen) atoms. The van der Waals surface area contributed by atoms with Crippen LogP contribution in [0.25, 0.3) is 0 Å². The third kappa shape index (κ3) is 6.47. The van der Waals surface area contributed by atoms with E-state index < -0.39 is 31.3 Å². The number of alkyl carbamates (subject to hydrolysis) is 1. The molecule has 2 N–H and O–H groups in total. The zero-order valence-electron chi connectivity index (χ0n) is 12.2. The summed E-state index contributed by atoms with van der Waals surface area (Å²) in [4.78, 5) is 22.6. The minimum absolute atomic E-state index is 0.290. The van der Waals surface area contributed by atoms with Gasteiger partial charge in [0.15, 0.2) is 6.61 Å². The van der Waals surface area contributed by atoms with Gasteiger partial charge in [0, 0.05) is 0 Å². The summed E-state index contributed by atoms with van der Waals surface area (Å²) in [7, 11) is 0. The van der Waals surface area contributed by atoms with Crippen LogP contribution in [-0.4, -0.2) is 31.3 Å². The number of rotatable bonds is 5. The van der Waals surface area contributed by atoms with Gasteiger partial charge in [0.25, 0.3) is 0 Å². The van der Waals surface area contributed by atoms with Crippen LogP contribution in [0.1, 0.15) is 24.1 Å². The van der Waals surface area contributed by atoms with E-state index in [9.17, 15) is 22.8 Å². The highest BCUT2D eigenvalue weighted by Gasteiger charge is 2.29. The van der Waals surface area contributed by atoms with Gasteiger partial charge in [-0.05, 0) is 25.0 Å². The summed E-state index contributed by atoms with van der Waals surface area (Å²) >= 11 is 0. The third-order valence-corrected chi connectivity index (χ3v) is 2.79. The molecule has 1 rings (SSSR count). The summed E-state index contributed by atoms with van der Waals surface area (Å²) in [5.74, 6) is -0.528. The molecule has 122 valence electrons. The van der Waals surface area contributed by atoms with Crippen molar-refractivity contribution in [3.63, 3.8) is 0 Å². The predicted octanol–water partition coefficient (Wildman–Crippen LogP) is 2.46. The van der Waals surface area contributed by atoms with E-state index in [2.05, 4.69) is 10.1 Å². The lowest BCUT2D eigenvalue weighted by atomic mass is 10.0. The van der Waals surface area contributed by atoms with Crippen molar-refractivity contribution in [3.8, 4) is 0 Å². The maximum atomic E-state index is 11.8. The Morgan fingerprint density at radius 1 is 1.27 bits per heavy atom. The normalized spacial score (nSPS) is 12.4. The number of hydrogen-bond acceptors (Lipinski definition) is 3. The number of halogens is 3. The van der Waals surface area contributed by atoms with E-state index in [0.29, 0.717) is 0 Å². The Morgan fingerprint density at radius 3 is 2.50 bits per heavy atom. The summed E-state index contributed by atoms with van der Waals surface area (Å²) < 4.78 is 39.4. The monoisotopic (exact) mass is 318 g/mol. The van der Waals surface area contributed by atoms with Crippen molar-refractivity contribution in [1.82, 2.24) is 10.6 Å². The molecule has 0 spiro atoms. The largest absolute Gasteiger partial charge is 0.440 e. The van der Waals surface area contributed by atoms with Crippen molar-refractivity contribution in [2.45, 2.75) is 26.1 Å². The highest BCUT2D eigenvalue weighted by molar-refractivity contribution is 5.82. The van der Waals surface area contributed by atoms with E-state index in [1.165, 1.54) is 0 Å². The van der Waals surface area contributed by atoms with E-state index in [-0.39, 0.29) is 6.04 Å². The lowest BCUT2D eigenvalue weighted by Crippen LogP contribution is -2.39. The van der Waals surface area contributed by atoms with Gasteiger partial charge < -0.3 is 15.4 Å². The minimum Gasteiger partial charge on any atom is -0.440 e. The molecule has 0 radical (unpaired) electrons. The van der Waals surface area contributed by atoms with Crippen molar-refractivity contribution in [1.29, 1.82) is 0 Å². The van der Waals surface area contributed by atoms with Crippen LogP contribution in [0.2, 0.25) is 0 Å². The van der Waals surface area contributed by atoms with E-state index in [1.54, 1.807) is 6.92 Å². The Balaban J connectivity index is 2.37. The van der Waals surface area contributed by atoms with E-state index >= 15 is 0 Å². The molecule has 1 atom stereocenters. The summed E-state index contributed by atoms with van der Waals surface area (Å²) in [6.45, 7) is 1.50. The van der Waals surface area contributed by atoms with Gasteiger partial charge in [-0.15, -0.1) is 0 Å². The second kappa shape index (κ2) is 7.67. The molecule has 0 aliphatic rings. The standard InChI is InChI=1S/C14H17F3N2O3/c1-9-5-3-4-6-11(9)10(2)19-12(20)7-18-13(21)22-8-14(15,16)17/h3-6,10H,7-8H2,1-2H3,(H,18,21)(H,19,20)/t10-/m0/s1. The summed E-state index contributed by atoms with van der Waals surface area (Å²) in [6.07, 6.45) is -5.89. The fraction of sp³-hybridized carbons (Fsp3) is 0.429. The summed E-state index contributed by atoms with van der Waals surface area (Å²) in [6, 6.07) is 7.15. The zero-order valence-corrected chi connectivity index (χ0v) is 12.2. The number of nitrogens with one attached hydrogen (secondary N) is 2. The second-order valence-electron chi connectivity index (χ2n) is 4.69. The third-order valence-electron chi connectivity index (χ3n) is 2.79. The molecule has 0 bridgehead atoms. The molecule has 0 unspecified atom stereocenters. The molecule has 2 amide bonds. The Kier molecular flexibility index (Phi) is 6.21. The smallest absolute Gasteiger partial charge is 0.422 e. The molecule has 0 saturated carbocycles. The SMILES string of the molecule is Cc1ccccc1[C@H](C)NC(=O)CNC(=O)OCC(F)(F)F. The average Bonchev–Trinajstić information content (AvgIpc) is 2.42. The van der Waals surface area contributed by atoms with Gasteiger partial charge in [0.1, 0.15) is 6.54 Å². The molecule has 0 heterocycles. The van der Waals surface area contributed by atoms with Crippen molar-refractivity contribution < 1.29 is 27.5 Å². The molecule has 0 aromatic heterocycles. The van der Waals surface area contributed by atoms with Gasteiger partial charge >= 0.3 is 12.3 Å². The van der Waals surface area contributed by atoms with Gasteiger partial charge in [-0.3, -0.25) is 4.79 Å². The second-order valence-corrected chi connectivity index (χ2v) is 4.69. The van der Waals surface area contributed by atoms with Gasteiger partial charge in [-0.25, -0.2) is 4.79 Å². The Bertz CT molecular complexity index is 532. The van der Waals surface area contributed by atoms with Crippen LogP contribution in [0.4, 0.5) is 18.0 Å². The number of carbonyl (C=O) groups excluding carboxylic acids is 2. The lowest BCUT2D eigenvalue weighted by molar-refractivity contribution is -0.160. The number of ether oxygens (including phenoxy) is 1. The first-order valence-electron chi connectivity index (χ1n) is 6.51. The van der Waals surface area contributed by atoms with Crippen LogP contribution in [0.15, 0.2) is 24.3 Å². The lowest BCUT2D eigenvalue weighted by Gasteiger charge is -2.16. The zero-order chi connectivity index (χ0) is 16.8. The van der Waals surface area contributed by atoms with Crippen molar-refractivity contribution in [2.75, 3.05) is 13.2 Å². The van der Waals surface area contributed by atoms with Crippen LogP contribution < -0.4 is 10.6 Å². The van der Waals surface area contributed by atoms with Crippen LogP contribution in [0.3, 0.4) is 0 Å².